The molecular weight excluding hydrogens is 494 g/mol. The van der Waals surface area contributed by atoms with Crippen molar-refractivity contribution >= 4 is 35.6 Å². The molecular formula is C23H34FIN4O. The fourth-order valence-corrected chi connectivity index (χ4v) is 6.37. The number of nitrogens with zero attached hydrogens (tertiary/aromatic N) is 2. The summed E-state index contributed by atoms with van der Waals surface area (Å²) in [4.78, 5) is 6.83. The molecule has 30 heavy (non-hydrogen) atoms. The third kappa shape index (κ3) is 3.92. The van der Waals surface area contributed by atoms with Crippen molar-refractivity contribution in [1.82, 2.24) is 10.6 Å². The molecule has 2 aliphatic heterocycles. The first-order valence-corrected chi connectivity index (χ1v) is 11.3. The highest BCUT2D eigenvalue weighted by Crippen LogP contribution is 2.60. The first-order valence-electron chi connectivity index (χ1n) is 11.3. The number of piperidine rings is 1. The molecule has 0 amide bonds. The summed E-state index contributed by atoms with van der Waals surface area (Å²) in [7, 11) is 1.87. The van der Waals surface area contributed by atoms with Gasteiger partial charge in [-0.25, -0.2) is 4.39 Å². The second kappa shape index (κ2) is 9.18. The highest BCUT2D eigenvalue weighted by molar-refractivity contribution is 14.0. The second-order valence-corrected chi connectivity index (χ2v) is 9.26. The molecule has 0 aromatic heterocycles. The molecule has 2 saturated heterocycles. The number of guanidine groups is 1. The van der Waals surface area contributed by atoms with E-state index in [2.05, 4.69) is 20.5 Å². The molecule has 1 aromatic carbocycles. The van der Waals surface area contributed by atoms with Gasteiger partial charge in [0, 0.05) is 55.8 Å². The number of rotatable bonds is 3. The van der Waals surface area contributed by atoms with E-state index in [9.17, 15) is 4.39 Å². The molecule has 2 aliphatic carbocycles. The molecule has 4 fully saturated rings. The van der Waals surface area contributed by atoms with Crippen LogP contribution in [0.3, 0.4) is 0 Å². The lowest BCUT2D eigenvalue weighted by Gasteiger charge is -2.57. The van der Waals surface area contributed by atoms with Gasteiger partial charge in [-0.15, -0.1) is 24.0 Å². The lowest BCUT2D eigenvalue weighted by atomic mass is 9.54. The Morgan fingerprint density at radius 1 is 1.17 bits per heavy atom. The lowest BCUT2D eigenvalue weighted by molar-refractivity contribution is -0.125. The van der Waals surface area contributed by atoms with Crippen LogP contribution < -0.4 is 15.5 Å². The standard InChI is InChI=1S/C23H33FN4O.HI/c1-25-22(27-20-19-9-14-29-21(19)23(20)10-2-3-11-23)26-17-7-12-28(13-8-17)18-6-4-5-16(24)15-18;/h4-6,15,17,19-21H,2-3,7-14H2,1H3,(H2,25,26,27);1H. The van der Waals surface area contributed by atoms with Gasteiger partial charge in [0.1, 0.15) is 5.82 Å². The first kappa shape index (κ1) is 22.1. The monoisotopic (exact) mass is 528 g/mol. The van der Waals surface area contributed by atoms with Gasteiger partial charge in [-0.05, 0) is 50.3 Å². The summed E-state index contributed by atoms with van der Waals surface area (Å²) >= 11 is 0. The van der Waals surface area contributed by atoms with Gasteiger partial charge in [-0.2, -0.15) is 0 Å². The number of aliphatic imine (C=N–C) groups is 1. The van der Waals surface area contributed by atoms with Crippen molar-refractivity contribution in [3.63, 3.8) is 0 Å². The number of halogens is 2. The van der Waals surface area contributed by atoms with Gasteiger partial charge in [0.25, 0.3) is 0 Å². The maximum absolute atomic E-state index is 13.5. The number of ether oxygens (including phenoxy) is 1. The minimum Gasteiger partial charge on any atom is -0.377 e. The minimum atomic E-state index is -0.164. The number of hydrogen-bond donors (Lipinski definition) is 2. The summed E-state index contributed by atoms with van der Waals surface area (Å²) < 4.78 is 19.6. The summed E-state index contributed by atoms with van der Waals surface area (Å²) in [6.45, 7) is 2.79. The normalized spacial score (nSPS) is 30.5. The highest BCUT2D eigenvalue weighted by Gasteiger charge is 2.65. The summed E-state index contributed by atoms with van der Waals surface area (Å²) in [5.74, 6) is 1.42. The van der Waals surface area contributed by atoms with Crippen LogP contribution in [0.2, 0.25) is 0 Å². The smallest absolute Gasteiger partial charge is 0.191 e. The lowest BCUT2D eigenvalue weighted by Crippen LogP contribution is -2.69. The zero-order valence-corrected chi connectivity index (χ0v) is 20.1. The summed E-state index contributed by atoms with van der Waals surface area (Å²) in [5, 5.41) is 7.47. The molecule has 3 unspecified atom stereocenters. The Labute approximate surface area is 196 Å². The average molecular weight is 528 g/mol. The van der Waals surface area contributed by atoms with Crippen LogP contribution in [0.25, 0.3) is 0 Å². The van der Waals surface area contributed by atoms with Crippen molar-refractivity contribution in [2.45, 2.75) is 63.1 Å². The predicted molar refractivity (Wildman–Crippen MR) is 129 cm³/mol. The maximum atomic E-state index is 13.5. The molecule has 2 saturated carbocycles. The van der Waals surface area contributed by atoms with E-state index < -0.39 is 0 Å². The van der Waals surface area contributed by atoms with Crippen LogP contribution in [0.5, 0.6) is 0 Å². The first-order chi connectivity index (χ1) is 14.2. The fourth-order valence-electron chi connectivity index (χ4n) is 6.37. The van der Waals surface area contributed by atoms with E-state index in [0.29, 0.717) is 29.5 Å². The quantitative estimate of drug-likeness (QED) is 0.355. The molecule has 7 heteroatoms. The number of hydrogen-bond acceptors (Lipinski definition) is 3. The van der Waals surface area contributed by atoms with Crippen LogP contribution in [0.15, 0.2) is 29.3 Å². The minimum absolute atomic E-state index is 0. The number of nitrogens with one attached hydrogen (secondary N) is 2. The third-order valence-corrected chi connectivity index (χ3v) is 7.81. The van der Waals surface area contributed by atoms with Gasteiger partial charge in [-0.3, -0.25) is 4.99 Å². The number of benzene rings is 1. The van der Waals surface area contributed by atoms with Gasteiger partial charge in [-0.1, -0.05) is 18.9 Å². The Kier molecular flexibility index (Phi) is 6.77. The highest BCUT2D eigenvalue weighted by atomic mass is 127. The molecule has 5 rings (SSSR count). The van der Waals surface area contributed by atoms with Gasteiger partial charge < -0.3 is 20.3 Å². The maximum Gasteiger partial charge on any atom is 0.191 e. The van der Waals surface area contributed by atoms with E-state index in [1.165, 1.54) is 38.2 Å². The van der Waals surface area contributed by atoms with E-state index >= 15 is 0 Å². The van der Waals surface area contributed by atoms with E-state index in [0.717, 1.165) is 44.2 Å². The Hall–Kier alpha value is -1.09. The van der Waals surface area contributed by atoms with Gasteiger partial charge in [0.05, 0.1) is 6.10 Å². The van der Waals surface area contributed by atoms with Gasteiger partial charge >= 0.3 is 0 Å². The molecule has 2 N–H and O–H groups in total. The summed E-state index contributed by atoms with van der Waals surface area (Å²) in [5.41, 5.74) is 1.32. The predicted octanol–water partition coefficient (Wildman–Crippen LogP) is 3.93. The summed E-state index contributed by atoms with van der Waals surface area (Å²) in [6, 6.07) is 7.82. The van der Waals surface area contributed by atoms with E-state index in [4.69, 9.17) is 4.74 Å². The van der Waals surface area contributed by atoms with Crippen molar-refractivity contribution in [3.05, 3.63) is 30.1 Å². The van der Waals surface area contributed by atoms with Crippen molar-refractivity contribution < 1.29 is 9.13 Å². The Bertz CT molecular complexity index is 761. The molecule has 4 aliphatic rings. The Balaban J connectivity index is 0.00000218. The summed E-state index contributed by atoms with van der Waals surface area (Å²) in [6.07, 6.45) is 8.93. The molecule has 166 valence electrons. The second-order valence-electron chi connectivity index (χ2n) is 9.26. The van der Waals surface area contributed by atoms with Crippen LogP contribution in [0.4, 0.5) is 10.1 Å². The SMILES string of the molecule is CN=C(NC1CCN(c2cccc(F)c2)CC1)NC1C2CCOC2C12CCCC2.I. The topological polar surface area (TPSA) is 48.9 Å². The Morgan fingerprint density at radius 2 is 1.93 bits per heavy atom. The van der Waals surface area contributed by atoms with E-state index in [-0.39, 0.29) is 29.8 Å². The molecule has 0 radical (unpaired) electrons. The van der Waals surface area contributed by atoms with Gasteiger partial charge in [0.2, 0.25) is 0 Å². The van der Waals surface area contributed by atoms with Crippen LogP contribution in [-0.2, 0) is 4.74 Å². The Morgan fingerprint density at radius 3 is 2.63 bits per heavy atom. The number of anilines is 1. The van der Waals surface area contributed by atoms with Crippen LogP contribution >= 0.6 is 24.0 Å². The van der Waals surface area contributed by atoms with E-state index in [1.54, 1.807) is 12.1 Å². The zero-order valence-electron chi connectivity index (χ0n) is 17.8. The molecule has 5 nitrogen and oxygen atoms in total. The third-order valence-electron chi connectivity index (χ3n) is 7.81. The van der Waals surface area contributed by atoms with Crippen molar-refractivity contribution in [2.75, 3.05) is 31.6 Å². The largest absolute Gasteiger partial charge is 0.377 e. The molecule has 0 bridgehead atoms. The average Bonchev–Trinajstić information content (AvgIpc) is 3.40. The van der Waals surface area contributed by atoms with Crippen LogP contribution in [-0.4, -0.2) is 50.9 Å². The zero-order chi connectivity index (χ0) is 19.8. The molecule has 2 heterocycles. The van der Waals surface area contributed by atoms with Crippen molar-refractivity contribution in [2.24, 2.45) is 16.3 Å². The van der Waals surface area contributed by atoms with Crippen LogP contribution in [0.1, 0.15) is 44.9 Å². The van der Waals surface area contributed by atoms with Gasteiger partial charge in [0.15, 0.2) is 5.96 Å². The van der Waals surface area contributed by atoms with E-state index in [1.807, 2.05) is 13.1 Å². The van der Waals surface area contributed by atoms with Crippen molar-refractivity contribution in [3.8, 4) is 0 Å². The number of fused-ring (bicyclic) bond motifs is 2. The fraction of sp³-hybridized carbons (Fsp3) is 0.696. The van der Waals surface area contributed by atoms with Crippen LogP contribution in [0, 0.1) is 17.2 Å². The van der Waals surface area contributed by atoms with Crippen molar-refractivity contribution in [1.29, 1.82) is 0 Å². The molecule has 1 spiro atoms. The molecule has 3 atom stereocenters. The molecule has 1 aromatic rings.